The highest BCUT2D eigenvalue weighted by atomic mass is 79.9. The molecular weight excluding hydrogens is 406 g/mol. The van der Waals surface area contributed by atoms with Crippen LogP contribution in [-0.4, -0.2) is 10.8 Å². The summed E-state index contributed by atoms with van der Waals surface area (Å²) in [4.78, 5) is 10.5. The van der Waals surface area contributed by atoms with Gasteiger partial charge in [-0.05, 0) is 40.2 Å². The molecule has 0 amide bonds. The molecule has 0 fully saturated rings. The second kappa shape index (κ2) is 6.23. The third kappa shape index (κ3) is 3.40. The summed E-state index contributed by atoms with van der Waals surface area (Å²) >= 11 is 6.50. The Kier molecular flexibility index (Phi) is 4.59. The molecule has 2 aromatic carbocycles. The standard InChI is InChI=1S/C13H9Br2N3O3/c14-7-4-5-11(8(6-7)13(16)17)21-12-9(15)2-1-3-10(12)18(19)20/h1-6H,(H3,16,17). The highest BCUT2D eigenvalue weighted by Crippen LogP contribution is 2.39. The normalized spacial score (nSPS) is 10.2. The number of nitrogens with zero attached hydrogens (tertiary/aromatic N) is 1. The fraction of sp³-hybridized carbons (Fsp3) is 0. The van der Waals surface area contributed by atoms with E-state index in [1.54, 1.807) is 30.3 Å². The third-order valence-corrected chi connectivity index (χ3v) is 3.70. The smallest absolute Gasteiger partial charge is 0.312 e. The van der Waals surface area contributed by atoms with Gasteiger partial charge >= 0.3 is 5.69 Å². The van der Waals surface area contributed by atoms with Crippen LogP contribution in [0.15, 0.2) is 45.3 Å². The average molecular weight is 415 g/mol. The molecule has 108 valence electrons. The van der Waals surface area contributed by atoms with Gasteiger partial charge in [0.25, 0.3) is 0 Å². The Morgan fingerprint density at radius 3 is 2.62 bits per heavy atom. The van der Waals surface area contributed by atoms with E-state index in [0.717, 1.165) is 4.47 Å². The summed E-state index contributed by atoms with van der Waals surface area (Å²) in [6.45, 7) is 0. The monoisotopic (exact) mass is 413 g/mol. The first kappa shape index (κ1) is 15.5. The van der Waals surface area contributed by atoms with E-state index in [9.17, 15) is 10.1 Å². The molecule has 3 N–H and O–H groups in total. The zero-order chi connectivity index (χ0) is 15.6. The van der Waals surface area contributed by atoms with Gasteiger partial charge in [0, 0.05) is 10.5 Å². The highest BCUT2D eigenvalue weighted by molar-refractivity contribution is 9.10. The number of ether oxygens (including phenoxy) is 1. The van der Waals surface area contributed by atoms with E-state index >= 15 is 0 Å². The number of amidine groups is 1. The van der Waals surface area contributed by atoms with Crippen LogP contribution in [-0.2, 0) is 0 Å². The van der Waals surface area contributed by atoms with Crippen molar-refractivity contribution in [2.75, 3.05) is 0 Å². The van der Waals surface area contributed by atoms with Crippen molar-refractivity contribution in [3.05, 3.63) is 61.0 Å². The van der Waals surface area contributed by atoms with Crippen LogP contribution in [0.25, 0.3) is 0 Å². The molecular formula is C13H9Br2N3O3. The topological polar surface area (TPSA) is 102 Å². The summed E-state index contributed by atoms with van der Waals surface area (Å²) in [5.41, 5.74) is 5.67. The van der Waals surface area contributed by atoms with Crippen LogP contribution in [0.3, 0.4) is 0 Å². The van der Waals surface area contributed by atoms with Gasteiger partial charge in [-0.1, -0.05) is 22.0 Å². The lowest BCUT2D eigenvalue weighted by molar-refractivity contribution is -0.385. The Hall–Kier alpha value is -1.93. The minimum Gasteiger partial charge on any atom is -0.448 e. The summed E-state index contributed by atoms with van der Waals surface area (Å²) in [7, 11) is 0. The van der Waals surface area contributed by atoms with Gasteiger partial charge in [0.05, 0.1) is 15.0 Å². The Morgan fingerprint density at radius 2 is 2.00 bits per heavy atom. The number of para-hydroxylation sites is 1. The molecule has 0 bridgehead atoms. The second-order valence-electron chi connectivity index (χ2n) is 4.00. The largest absolute Gasteiger partial charge is 0.448 e. The summed E-state index contributed by atoms with van der Waals surface area (Å²) in [6, 6.07) is 9.42. The van der Waals surface area contributed by atoms with Crippen molar-refractivity contribution in [1.29, 1.82) is 5.41 Å². The second-order valence-corrected chi connectivity index (χ2v) is 5.77. The maximum Gasteiger partial charge on any atom is 0.312 e. The fourth-order valence-electron chi connectivity index (χ4n) is 1.65. The van der Waals surface area contributed by atoms with Crippen molar-refractivity contribution in [1.82, 2.24) is 0 Å². The number of benzene rings is 2. The van der Waals surface area contributed by atoms with E-state index in [2.05, 4.69) is 31.9 Å². The molecule has 0 spiro atoms. The van der Waals surface area contributed by atoms with E-state index in [0.29, 0.717) is 10.0 Å². The van der Waals surface area contributed by atoms with Crippen LogP contribution in [0.1, 0.15) is 5.56 Å². The Balaban J connectivity index is 2.53. The van der Waals surface area contributed by atoms with E-state index in [-0.39, 0.29) is 23.0 Å². The molecule has 0 aromatic heterocycles. The molecule has 2 rings (SSSR count). The number of nitro benzene ring substituents is 1. The molecule has 21 heavy (non-hydrogen) atoms. The number of nitro groups is 1. The first-order valence-electron chi connectivity index (χ1n) is 5.65. The fourth-order valence-corrected chi connectivity index (χ4v) is 2.45. The lowest BCUT2D eigenvalue weighted by Gasteiger charge is -2.12. The number of nitrogens with two attached hydrogens (primary N) is 1. The van der Waals surface area contributed by atoms with Crippen LogP contribution in [0.4, 0.5) is 5.69 Å². The first-order valence-corrected chi connectivity index (χ1v) is 7.23. The SMILES string of the molecule is N=C(N)c1cc(Br)ccc1Oc1c(Br)cccc1[N+](=O)[O-]. The Bertz CT molecular complexity index is 735. The minimum atomic E-state index is -0.535. The van der Waals surface area contributed by atoms with Gasteiger partial charge in [0.15, 0.2) is 0 Å². The van der Waals surface area contributed by atoms with Crippen LogP contribution in [0.5, 0.6) is 11.5 Å². The molecule has 0 radical (unpaired) electrons. The van der Waals surface area contributed by atoms with Crippen molar-refractivity contribution in [2.45, 2.75) is 0 Å². The number of rotatable bonds is 4. The molecule has 0 aliphatic carbocycles. The van der Waals surface area contributed by atoms with Gasteiger partial charge in [-0.15, -0.1) is 0 Å². The van der Waals surface area contributed by atoms with Gasteiger partial charge in [-0.3, -0.25) is 15.5 Å². The molecule has 8 heteroatoms. The summed E-state index contributed by atoms with van der Waals surface area (Å²) < 4.78 is 6.78. The number of hydrogen-bond donors (Lipinski definition) is 2. The first-order chi connectivity index (χ1) is 9.90. The predicted octanol–water partition coefficient (Wildman–Crippen LogP) is 4.20. The number of hydrogen-bond acceptors (Lipinski definition) is 4. The Labute approximate surface area is 136 Å². The predicted molar refractivity (Wildman–Crippen MR) is 86.0 cm³/mol. The summed E-state index contributed by atoms with van der Waals surface area (Å²) in [5.74, 6) is 0.133. The van der Waals surface area contributed by atoms with Gasteiger partial charge < -0.3 is 10.5 Å². The number of nitrogens with one attached hydrogen (secondary N) is 1. The van der Waals surface area contributed by atoms with Crippen LogP contribution >= 0.6 is 31.9 Å². The van der Waals surface area contributed by atoms with E-state index in [4.69, 9.17) is 15.9 Å². The Morgan fingerprint density at radius 1 is 1.29 bits per heavy atom. The average Bonchev–Trinajstić information content (AvgIpc) is 2.42. The molecule has 0 aliphatic rings. The number of nitrogen functional groups attached to an aromatic ring is 1. The van der Waals surface area contributed by atoms with Crippen molar-refractivity contribution < 1.29 is 9.66 Å². The van der Waals surface area contributed by atoms with Crippen LogP contribution in [0.2, 0.25) is 0 Å². The van der Waals surface area contributed by atoms with Crippen molar-refractivity contribution in [2.24, 2.45) is 5.73 Å². The van der Waals surface area contributed by atoms with Gasteiger partial charge in [-0.25, -0.2) is 0 Å². The van der Waals surface area contributed by atoms with E-state index in [1.807, 2.05) is 0 Å². The quantitative estimate of drug-likeness (QED) is 0.338. The number of halogens is 2. The lowest BCUT2D eigenvalue weighted by atomic mass is 10.2. The van der Waals surface area contributed by atoms with Crippen LogP contribution < -0.4 is 10.5 Å². The zero-order valence-electron chi connectivity index (χ0n) is 10.5. The third-order valence-electron chi connectivity index (χ3n) is 2.59. The molecule has 0 aliphatic heterocycles. The molecule has 0 saturated heterocycles. The molecule has 0 saturated carbocycles. The summed E-state index contributed by atoms with van der Waals surface area (Å²) in [6.07, 6.45) is 0. The van der Waals surface area contributed by atoms with Crippen molar-refractivity contribution >= 4 is 43.4 Å². The van der Waals surface area contributed by atoms with Crippen LogP contribution in [0, 0.1) is 15.5 Å². The van der Waals surface area contributed by atoms with Gasteiger partial charge in [0.1, 0.15) is 11.6 Å². The van der Waals surface area contributed by atoms with Gasteiger partial charge in [-0.2, -0.15) is 0 Å². The van der Waals surface area contributed by atoms with E-state index < -0.39 is 4.92 Å². The maximum absolute atomic E-state index is 11.1. The summed E-state index contributed by atoms with van der Waals surface area (Å²) in [5, 5.41) is 18.6. The molecule has 6 nitrogen and oxygen atoms in total. The molecule has 2 aromatic rings. The van der Waals surface area contributed by atoms with Crippen molar-refractivity contribution in [3.8, 4) is 11.5 Å². The van der Waals surface area contributed by atoms with E-state index in [1.165, 1.54) is 6.07 Å². The van der Waals surface area contributed by atoms with Crippen molar-refractivity contribution in [3.63, 3.8) is 0 Å². The molecule has 0 unspecified atom stereocenters. The molecule has 0 atom stereocenters. The maximum atomic E-state index is 11.1. The lowest BCUT2D eigenvalue weighted by Crippen LogP contribution is -2.12. The zero-order valence-corrected chi connectivity index (χ0v) is 13.6. The van der Waals surface area contributed by atoms with Gasteiger partial charge in [0.2, 0.25) is 5.75 Å². The minimum absolute atomic E-state index is 0.0623. The highest BCUT2D eigenvalue weighted by Gasteiger charge is 2.20. The molecule has 0 heterocycles.